The maximum atomic E-state index is 12.0. The summed E-state index contributed by atoms with van der Waals surface area (Å²) in [4.78, 5) is 12.0. The summed E-state index contributed by atoms with van der Waals surface area (Å²) in [5, 5.41) is 2.87. The van der Waals surface area contributed by atoms with Crippen LogP contribution >= 0.6 is 0 Å². The third kappa shape index (κ3) is 3.37. The molecule has 0 aliphatic carbocycles. The zero-order valence-corrected chi connectivity index (χ0v) is 13.3. The van der Waals surface area contributed by atoms with E-state index in [1.807, 2.05) is 62.4 Å². The predicted octanol–water partition coefficient (Wildman–Crippen LogP) is 3.89. The van der Waals surface area contributed by atoms with Gasteiger partial charge in [-0.1, -0.05) is 23.8 Å². The molecule has 1 aliphatic rings. The van der Waals surface area contributed by atoms with Crippen molar-refractivity contribution in [2.45, 2.75) is 13.8 Å². The summed E-state index contributed by atoms with van der Waals surface area (Å²) in [5.41, 5.74) is 3.45. The number of anilines is 1. The number of para-hydroxylation sites is 1. The van der Waals surface area contributed by atoms with E-state index < -0.39 is 0 Å². The standard InChI is InChI=1S/C19H19NO3/c1-13(2)18-16-12-15(8-9-17(16)20-19(18)21)23-11-10-22-14-6-4-3-5-7-14/h3-9,12H,10-11H2,1-2H3,(H,20,21). The van der Waals surface area contributed by atoms with Crippen molar-refractivity contribution in [2.75, 3.05) is 18.5 Å². The number of ether oxygens (including phenoxy) is 2. The first kappa shape index (κ1) is 15.2. The second-order valence-electron chi connectivity index (χ2n) is 5.55. The minimum absolute atomic E-state index is 0.0513. The van der Waals surface area contributed by atoms with Crippen LogP contribution in [0.15, 0.2) is 54.1 Å². The number of carbonyl (C=O) groups excluding carboxylic acids is 1. The van der Waals surface area contributed by atoms with Crippen LogP contribution in [0.25, 0.3) is 5.57 Å². The second-order valence-corrected chi connectivity index (χ2v) is 5.55. The summed E-state index contributed by atoms with van der Waals surface area (Å²) in [6.07, 6.45) is 0. The van der Waals surface area contributed by atoms with Crippen LogP contribution in [0.4, 0.5) is 5.69 Å². The molecule has 0 fully saturated rings. The highest BCUT2D eigenvalue weighted by molar-refractivity contribution is 6.32. The summed E-state index contributed by atoms with van der Waals surface area (Å²) >= 11 is 0. The number of fused-ring (bicyclic) bond motifs is 1. The van der Waals surface area contributed by atoms with Crippen LogP contribution < -0.4 is 14.8 Å². The van der Waals surface area contributed by atoms with E-state index in [9.17, 15) is 4.79 Å². The SMILES string of the molecule is CC(C)=C1C(=O)Nc2ccc(OCCOc3ccccc3)cc21. The zero-order chi connectivity index (χ0) is 16.2. The number of amides is 1. The number of nitrogens with one attached hydrogen (secondary N) is 1. The van der Waals surface area contributed by atoms with Gasteiger partial charge in [0.1, 0.15) is 24.7 Å². The molecule has 0 radical (unpaired) electrons. The van der Waals surface area contributed by atoms with Crippen molar-refractivity contribution in [3.63, 3.8) is 0 Å². The van der Waals surface area contributed by atoms with Crippen molar-refractivity contribution in [2.24, 2.45) is 0 Å². The molecule has 23 heavy (non-hydrogen) atoms. The minimum Gasteiger partial charge on any atom is -0.490 e. The van der Waals surface area contributed by atoms with Gasteiger partial charge in [0.25, 0.3) is 5.91 Å². The summed E-state index contributed by atoms with van der Waals surface area (Å²) < 4.78 is 11.3. The number of hydrogen-bond acceptors (Lipinski definition) is 3. The van der Waals surface area contributed by atoms with E-state index in [4.69, 9.17) is 9.47 Å². The molecular formula is C19H19NO3. The highest BCUT2D eigenvalue weighted by atomic mass is 16.5. The summed E-state index contributed by atoms with van der Waals surface area (Å²) in [5.74, 6) is 1.51. The van der Waals surface area contributed by atoms with E-state index in [2.05, 4.69) is 5.32 Å². The topological polar surface area (TPSA) is 47.6 Å². The lowest BCUT2D eigenvalue weighted by Crippen LogP contribution is -2.08. The van der Waals surface area contributed by atoms with E-state index in [0.29, 0.717) is 13.2 Å². The van der Waals surface area contributed by atoms with Gasteiger partial charge in [0.2, 0.25) is 0 Å². The molecule has 4 nitrogen and oxygen atoms in total. The van der Waals surface area contributed by atoms with E-state index in [1.54, 1.807) is 0 Å². The Morgan fingerprint density at radius 2 is 1.65 bits per heavy atom. The summed E-state index contributed by atoms with van der Waals surface area (Å²) in [6, 6.07) is 15.3. The Labute approximate surface area is 135 Å². The van der Waals surface area contributed by atoms with Gasteiger partial charge in [0, 0.05) is 16.8 Å². The highest BCUT2D eigenvalue weighted by Crippen LogP contribution is 2.36. The van der Waals surface area contributed by atoms with Gasteiger partial charge >= 0.3 is 0 Å². The lowest BCUT2D eigenvalue weighted by molar-refractivity contribution is -0.110. The average Bonchev–Trinajstić information content (AvgIpc) is 2.88. The van der Waals surface area contributed by atoms with Crippen LogP contribution in [-0.4, -0.2) is 19.1 Å². The van der Waals surface area contributed by atoms with E-state index in [0.717, 1.165) is 33.9 Å². The normalized spacial score (nSPS) is 12.6. The second kappa shape index (κ2) is 6.57. The van der Waals surface area contributed by atoms with Gasteiger partial charge in [-0.3, -0.25) is 4.79 Å². The van der Waals surface area contributed by atoms with Crippen molar-refractivity contribution >= 4 is 17.2 Å². The van der Waals surface area contributed by atoms with Gasteiger partial charge in [-0.2, -0.15) is 0 Å². The van der Waals surface area contributed by atoms with Gasteiger partial charge in [-0.05, 0) is 44.2 Å². The number of benzene rings is 2. The third-order valence-corrected chi connectivity index (χ3v) is 3.60. The molecule has 1 aliphatic heterocycles. The molecule has 2 aromatic rings. The largest absolute Gasteiger partial charge is 0.490 e. The average molecular weight is 309 g/mol. The van der Waals surface area contributed by atoms with Crippen LogP contribution in [0, 0.1) is 0 Å². The van der Waals surface area contributed by atoms with Crippen LogP contribution in [0.1, 0.15) is 19.4 Å². The Kier molecular flexibility index (Phi) is 4.33. The molecule has 0 bridgehead atoms. The fourth-order valence-corrected chi connectivity index (χ4v) is 2.57. The Hall–Kier alpha value is -2.75. The maximum absolute atomic E-state index is 12.0. The summed E-state index contributed by atoms with van der Waals surface area (Å²) in [6.45, 7) is 4.78. The van der Waals surface area contributed by atoms with Crippen LogP contribution in [0.2, 0.25) is 0 Å². The van der Waals surface area contributed by atoms with Gasteiger partial charge in [0.15, 0.2) is 0 Å². The zero-order valence-electron chi connectivity index (χ0n) is 13.3. The molecule has 0 atom stereocenters. The van der Waals surface area contributed by atoms with Crippen molar-refractivity contribution < 1.29 is 14.3 Å². The van der Waals surface area contributed by atoms with Crippen LogP contribution in [0.5, 0.6) is 11.5 Å². The first-order valence-electron chi connectivity index (χ1n) is 7.59. The molecule has 0 saturated carbocycles. The predicted molar refractivity (Wildman–Crippen MR) is 90.8 cm³/mol. The Morgan fingerprint density at radius 1 is 0.957 bits per heavy atom. The summed E-state index contributed by atoms with van der Waals surface area (Å²) in [7, 11) is 0. The number of hydrogen-bond donors (Lipinski definition) is 1. The van der Waals surface area contributed by atoms with Gasteiger partial charge in [0.05, 0.1) is 0 Å². The van der Waals surface area contributed by atoms with Gasteiger partial charge < -0.3 is 14.8 Å². The van der Waals surface area contributed by atoms with Gasteiger partial charge in [-0.15, -0.1) is 0 Å². The Balaban J connectivity index is 1.62. The van der Waals surface area contributed by atoms with Crippen LogP contribution in [-0.2, 0) is 4.79 Å². The molecule has 1 heterocycles. The molecule has 3 rings (SSSR count). The molecule has 1 N–H and O–H groups in total. The fourth-order valence-electron chi connectivity index (χ4n) is 2.57. The molecule has 118 valence electrons. The van der Waals surface area contributed by atoms with Crippen molar-refractivity contribution in [3.05, 3.63) is 59.7 Å². The quantitative estimate of drug-likeness (QED) is 0.673. The molecule has 0 saturated heterocycles. The first-order chi connectivity index (χ1) is 11.1. The first-order valence-corrected chi connectivity index (χ1v) is 7.59. The molecule has 0 aromatic heterocycles. The Bertz CT molecular complexity index is 746. The van der Waals surface area contributed by atoms with E-state index >= 15 is 0 Å². The number of carbonyl (C=O) groups is 1. The van der Waals surface area contributed by atoms with Crippen LogP contribution in [0.3, 0.4) is 0 Å². The van der Waals surface area contributed by atoms with Crippen molar-refractivity contribution in [3.8, 4) is 11.5 Å². The smallest absolute Gasteiger partial charge is 0.256 e. The van der Waals surface area contributed by atoms with E-state index in [1.165, 1.54) is 0 Å². The monoisotopic (exact) mass is 309 g/mol. The molecule has 0 unspecified atom stereocenters. The Morgan fingerprint density at radius 3 is 2.35 bits per heavy atom. The molecule has 1 amide bonds. The lowest BCUT2D eigenvalue weighted by atomic mass is 10.0. The molecule has 0 spiro atoms. The number of rotatable bonds is 5. The number of allylic oxidation sites excluding steroid dienone is 1. The molecule has 2 aromatic carbocycles. The third-order valence-electron chi connectivity index (χ3n) is 3.60. The van der Waals surface area contributed by atoms with Gasteiger partial charge in [-0.25, -0.2) is 0 Å². The van der Waals surface area contributed by atoms with E-state index in [-0.39, 0.29) is 5.91 Å². The van der Waals surface area contributed by atoms with Crippen molar-refractivity contribution in [1.82, 2.24) is 0 Å². The highest BCUT2D eigenvalue weighted by Gasteiger charge is 2.25. The minimum atomic E-state index is -0.0513. The molecular weight excluding hydrogens is 290 g/mol. The lowest BCUT2D eigenvalue weighted by Gasteiger charge is -2.09. The fraction of sp³-hybridized carbons (Fsp3) is 0.211. The maximum Gasteiger partial charge on any atom is 0.256 e. The molecule has 4 heteroatoms. The van der Waals surface area contributed by atoms with Crippen molar-refractivity contribution in [1.29, 1.82) is 0 Å².